The van der Waals surface area contributed by atoms with Gasteiger partial charge in [0.2, 0.25) is 0 Å². The number of benzene rings is 3. The number of rotatable bonds is 8. The van der Waals surface area contributed by atoms with Crippen molar-refractivity contribution < 1.29 is 37.7 Å². The van der Waals surface area contributed by atoms with Gasteiger partial charge in [0.15, 0.2) is 30.1 Å². The fourth-order valence-electron chi connectivity index (χ4n) is 4.42. The van der Waals surface area contributed by atoms with Gasteiger partial charge in [-0.1, -0.05) is 66.7 Å². The molecule has 5 rings (SSSR count). The van der Waals surface area contributed by atoms with Gasteiger partial charge in [-0.2, -0.15) is 4.98 Å². The predicted octanol–water partition coefficient (Wildman–Crippen LogP) is 4.50. The number of halogens is 1. The van der Waals surface area contributed by atoms with Gasteiger partial charge in [0.1, 0.15) is 6.61 Å². The number of carbonyl (C=O) groups excluding carboxylic acids is 3. The summed E-state index contributed by atoms with van der Waals surface area (Å²) in [6.45, 7) is 1.47. The highest BCUT2D eigenvalue weighted by Gasteiger charge is 2.49. The molecule has 1 amide bonds. The summed E-state index contributed by atoms with van der Waals surface area (Å²) in [4.78, 5) is 54.8. The number of nitrogens with one attached hydrogen (secondary N) is 1. The maximum atomic E-state index is 15.1. The lowest BCUT2D eigenvalue weighted by Crippen LogP contribution is -2.41. The van der Waals surface area contributed by atoms with E-state index in [1.54, 1.807) is 85.8 Å². The minimum atomic E-state index is -1.43. The number of aromatic nitrogens is 2. The van der Waals surface area contributed by atoms with Crippen LogP contribution in [-0.4, -0.2) is 45.9 Å². The van der Waals surface area contributed by atoms with Crippen LogP contribution in [0.15, 0.2) is 102 Å². The van der Waals surface area contributed by atoms with Crippen molar-refractivity contribution in [1.29, 1.82) is 0 Å². The molecular formula is C31H26FN3O8. The molecule has 2 heterocycles. The van der Waals surface area contributed by atoms with E-state index in [1.165, 1.54) is 12.1 Å². The minimum absolute atomic E-state index is 0.0866. The van der Waals surface area contributed by atoms with E-state index in [9.17, 15) is 19.2 Å². The highest BCUT2D eigenvalue weighted by atomic mass is 19.1. The Hall–Kier alpha value is -5.36. The van der Waals surface area contributed by atoms with Crippen LogP contribution in [0.1, 0.15) is 39.4 Å². The first-order valence-electron chi connectivity index (χ1n) is 13.2. The second kappa shape index (κ2) is 13.1. The molecule has 0 bridgehead atoms. The number of nitrogens with zero attached hydrogens (tertiary/aromatic N) is 2. The van der Waals surface area contributed by atoms with E-state index in [0.717, 1.165) is 10.8 Å². The van der Waals surface area contributed by atoms with E-state index in [0.29, 0.717) is 5.56 Å². The number of amides is 1. The van der Waals surface area contributed by atoms with Crippen LogP contribution >= 0.6 is 0 Å². The smallest absolute Gasteiger partial charge is 0.413 e. The van der Waals surface area contributed by atoms with Crippen LogP contribution in [-0.2, 0) is 25.6 Å². The van der Waals surface area contributed by atoms with Crippen molar-refractivity contribution in [2.24, 2.45) is 0 Å². The Morgan fingerprint density at radius 1 is 0.860 bits per heavy atom. The third kappa shape index (κ3) is 6.93. The summed E-state index contributed by atoms with van der Waals surface area (Å²) in [5, 5.41) is 2.11. The molecule has 11 nitrogen and oxygen atoms in total. The number of anilines is 1. The lowest BCUT2D eigenvalue weighted by molar-refractivity contribution is -0.0513. The Morgan fingerprint density at radius 3 is 1.98 bits per heavy atom. The summed E-state index contributed by atoms with van der Waals surface area (Å²) in [6.07, 6.45) is -5.13. The number of hydrogen-bond acceptors (Lipinski definition) is 9. The number of esters is 2. The lowest BCUT2D eigenvalue weighted by atomic mass is 10.1. The van der Waals surface area contributed by atoms with E-state index in [-0.39, 0.29) is 17.7 Å². The maximum Gasteiger partial charge on any atom is 0.413 e. The van der Waals surface area contributed by atoms with Crippen LogP contribution < -0.4 is 11.0 Å². The molecule has 1 aliphatic heterocycles. The van der Waals surface area contributed by atoms with E-state index in [1.807, 2.05) is 0 Å². The van der Waals surface area contributed by atoms with Crippen molar-refractivity contribution in [3.63, 3.8) is 0 Å². The second-order valence-corrected chi connectivity index (χ2v) is 9.52. The molecule has 1 fully saturated rings. The highest BCUT2D eigenvalue weighted by molar-refractivity contribution is 5.90. The second-order valence-electron chi connectivity index (χ2n) is 9.52. The van der Waals surface area contributed by atoms with Crippen LogP contribution in [0.3, 0.4) is 0 Å². The van der Waals surface area contributed by atoms with Gasteiger partial charge in [0.05, 0.1) is 23.4 Å². The van der Waals surface area contributed by atoms with Crippen LogP contribution in [0, 0.1) is 5.82 Å². The topological polar surface area (TPSA) is 135 Å². The Balaban J connectivity index is 1.38. The largest absolute Gasteiger partial charge is 0.452 e. The van der Waals surface area contributed by atoms with Crippen LogP contribution in [0.2, 0.25) is 0 Å². The normalized spacial score (nSPS) is 19.3. The Labute approximate surface area is 244 Å². The molecule has 1 N–H and O–H groups in total. The van der Waals surface area contributed by atoms with Crippen molar-refractivity contribution in [2.45, 2.75) is 38.1 Å². The molecule has 12 heteroatoms. The van der Waals surface area contributed by atoms with Crippen molar-refractivity contribution >= 4 is 23.8 Å². The predicted molar refractivity (Wildman–Crippen MR) is 150 cm³/mol. The van der Waals surface area contributed by atoms with Crippen molar-refractivity contribution in [3.8, 4) is 0 Å². The molecule has 4 atom stereocenters. The fourth-order valence-corrected chi connectivity index (χ4v) is 4.42. The van der Waals surface area contributed by atoms with E-state index < -0.39 is 59.9 Å². The summed E-state index contributed by atoms with van der Waals surface area (Å²) in [6, 6.07) is 25.0. The first-order valence-corrected chi connectivity index (χ1v) is 13.2. The monoisotopic (exact) mass is 587 g/mol. The Kier molecular flexibility index (Phi) is 8.87. The maximum absolute atomic E-state index is 15.1. The molecule has 0 radical (unpaired) electrons. The van der Waals surface area contributed by atoms with Gasteiger partial charge >= 0.3 is 23.7 Å². The van der Waals surface area contributed by atoms with Crippen molar-refractivity contribution in [1.82, 2.24) is 9.55 Å². The number of carbonyl (C=O) groups is 3. The van der Waals surface area contributed by atoms with Crippen molar-refractivity contribution in [3.05, 3.63) is 130 Å². The molecule has 220 valence electrons. The number of hydrogen-bond donors (Lipinski definition) is 1. The Bertz CT molecular complexity index is 1650. The summed E-state index contributed by atoms with van der Waals surface area (Å²) in [5.41, 5.74) is 0.102. The molecule has 4 aromatic rings. The first-order chi connectivity index (χ1) is 20.8. The lowest BCUT2D eigenvalue weighted by Gasteiger charge is -2.24. The quantitative estimate of drug-likeness (QED) is 0.234. The molecule has 0 unspecified atom stereocenters. The van der Waals surface area contributed by atoms with E-state index >= 15 is 4.39 Å². The zero-order valence-corrected chi connectivity index (χ0v) is 22.8. The summed E-state index contributed by atoms with van der Waals surface area (Å²) >= 11 is 0. The summed E-state index contributed by atoms with van der Waals surface area (Å²) in [5.74, 6) is -3.26. The molecule has 1 saturated heterocycles. The van der Waals surface area contributed by atoms with Gasteiger partial charge in [-0.15, -0.1) is 0 Å². The minimum Gasteiger partial charge on any atom is -0.452 e. The van der Waals surface area contributed by atoms with Crippen molar-refractivity contribution in [2.75, 3.05) is 5.32 Å². The Morgan fingerprint density at radius 2 is 1.40 bits per heavy atom. The van der Waals surface area contributed by atoms with E-state index in [4.69, 9.17) is 18.9 Å². The molecule has 0 saturated carbocycles. The SMILES string of the molecule is C[C@H]1O[C@@H](n2cc(F)c(NC(=O)OCc3ccccc3)nc2=O)[C@H](OC(=O)c2ccccc2)[C@@H]1OC(=O)c1ccccc1. The zero-order valence-electron chi connectivity index (χ0n) is 22.8. The highest BCUT2D eigenvalue weighted by Crippen LogP contribution is 2.34. The third-order valence-electron chi connectivity index (χ3n) is 6.54. The average Bonchev–Trinajstić information content (AvgIpc) is 3.32. The molecule has 1 aromatic heterocycles. The van der Waals surface area contributed by atoms with Gasteiger partial charge in [-0.25, -0.2) is 23.6 Å². The molecule has 0 aliphatic carbocycles. The molecule has 3 aromatic carbocycles. The van der Waals surface area contributed by atoms with Gasteiger partial charge in [-0.3, -0.25) is 9.88 Å². The molecule has 43 heavy (non-hydrogen) atoms. The van der Waals surface area contributed by atoms with Gasteiger partial charge in [0, 0.05) is 0 Å². The third-order valence-corrected chi connectivity index (χ3v) is 6.54. The molecule has 0 spiro atoms. The first kappa shape index (κ1) is 29.1. The van der Waals surface area contributed by atoms with Gasteiger partial charge < -0.3 is 18.9 Å². The van der Waals surface area contributed by atoms with Gasteiger partial charge in [0.25, 0.3) is 0 Å². The van der Waals surface area contributed by atoms with Gasteiger partial charge in [-0.05, 0) is 36.8 Å². The summed E-state index contributed by atoms with van der Waals surface area (Å²) < 4.78 is 38.2. The standard InChI is InChI=1S/C31H26FN3O8/c1-19-24(42-28(36)21-13-7-3-8-14-21)25(43-29(37)22-15-9-4-10-16-22)27(41-19)35-17-23(32)26(33-30(35)38)34-31(39)40-18-20-11-5-2-6-12-20/h2-17,19,24-25,27H,18H2,1H3,(H,33,34,38,39)/t19-,24-,25-,27-/m1/s1. The van der Waals surface area contributed by atoms with E-state index in [2.05, 4.69) is 10.3 Å². The number of ether oxygens (including phenoxy) is 4. The molecular weight excluding hydrogens is 561 g/mol. The molecule has 1 aliphatic rings. The fraction of sp³-hybridized carbons (Fsp3) is 0.194. The van der Waals surface area contributed by atoms with Crippen LogP contribution in [0.5, 0.6) is 0 Å². The average molecular weight is 588 g/mol. The zero-order chi connectivity index (χ0) is 30.3. The summed E-state index contributed by atoms with van der Waals surface area (Å²) in [7, 11) is 0. The van der Waals surface area contributed by atoms with Crippen LogP contribution in [0.4, 0.5) is 15.0 Å². The van der Waals surface area contributed by atoms with Crippen LogP contribution in [0.25, 0.3) is 0 Å².